The Bertz CT molecular complexity index is 933. The van der Waals surface area contributed by atoms with E-state index in [4.69, 9.17) is 0 Å². The highest BCUT2D eigenvalue weighted by Gasteiger charge is 2.32. The topological polar surface area (TPSA) is 66.5 Å². The largest absolute Gasteiger partial charge is 0.312 e. The first-order valence-electron chi connectivity index (χ1n) is 7.77. The lowest BCUT2D eigenvalue weighted by Crippen LogP contribution is -2.31. The van der Waals surface area contributed by atoms with E-state index in [2.05, 4.69) is 4.72 Å². The van der Waals surface area contributed by atoms with Crippen LogP contribution < -0.4 is 9.62 Å². The second-order valence-corrected chi connectivity index (χ2v) is 7.71. The molecular formula is C17H15F3N2O3S. The van der Waals surface area contributed by atoms with Gasteiger partial charge in [-0.2, -0.15) is 0 Å². The van der Waals surface area contributed by atoms with Gasteiger partial charge >= 0.3 is 0 Å². The quantitative estimate of drug-likeness (QED) is 0.861. The van der Waals surface area contributed by atoms with Crippen molar-refractivity contribution in [1.82, 2.24) is 4.72 Å². The maximum absolute atomic E-state index is 13.7. The van der Waals surface area contributed by atoms with Crippen LogP contribution in [0.2, 0.25) is 0 Å². The predicted octanol–water partition coefficient (Wildman–Crippen LogP) is 2.44. The Kier molecular flexibility index (Phi) is 5.01. The first-order chi connectivity index (χ1) is 12.3. The van der Waals surface area contributed by atoms with Crippen molar-refractivity contribution in [2.24, 2.45) is 5.92 Å². The molecule has 0 bridgehead atoms. The fourth-order valence-electron chi connectivity index (χ4n) is 2.79. The molecule has 1 amide bonds. The number of hydrogen-bond acceptors (Lipinski definition) is 3. The van der Waals surface area contributed by atoms with Crippen molar-refractivity contribution in [2.75, 3.05) is 18.0 Å². The number of anilines is 1. The maximum Gasteiger partial charge on any atom is 0.243 e. The van der Waals surface area contributed by atoms with Gasteiger partial charge in [0.15, 0.2) is 0 Å². The summed E-state index contributed by atoms with van der Waals surface area (Å²) in [6, 6.07) is 7.59. The van der Waals surface area contributed by atoms with Crippen LogP contribution in [-0.4, -0.2) is 27.4 Å². The van der Waals surface area contributed by atoms with E-state index in [1.807, 2.05) is 0 Å². The van der Waals surface area contributed by atoms with Gasteiger partial charge in [-0.25, -0.2) is 26.3 Å². The Balaban J connectivity index is 1.66. The standard InChI is InChI=1S/C17H15F3N2O3S/c18-12-1-4-14(5-2-12)22-10-11(7-17(22)23)9-21-26(24,25)16-6-3-13(19)8-15(16)20/h1-6,8,11,21H,7,9-10H2/t11-/m1/s1. The van der Waals surface area contributed by atoms with Crippen LogP contribution in [0.1, 0.15) is 6.42 Å². The summed E-state index contributed by atoms with van der Waals surface area (Å²) in [5.74, 6) is -3.03. The number of carbonyl (C=O) groups is 1. The predicted molar refractivity (Wildman–Crippen MR) is 88.4 cm³/mol. The zero-order chi connectivity index (χ0) is 18.9. The summed E-state index contributed by atoms with van der Waals surface area (Å²) in [7, 11) is -4.17. The van der Waals surface area contributed by atoms with Gasteiger partial charge in [-0.3, -0.25) is 4.79 Å². The molecule has 0 radical (unpaired) electrons. The molecule has 138 valence electrons. The third-order valence-corrected chi connectivity index (χ3v) is 5.55. The van der Waals surface area contributed by atoms with Crippen molar-refractivity contribution in [3.05, 3.63) is 59.9 Å². The summed E-state index contributed by atoms with van der Waals surface area (Å²) in [5, 5.41) is 0. The molecule has 26 heavy (non-hydrogen) atoms. The zero-order valence-electron chi connectivity index (χ0n) is 13.5. The first kappa shape index (κ1) is 18.4. The van der Waals surface area contributed by atoms with Crippen LogP contribution in [0.3, 0.4) is 0 Å². The number of benzene rings is 2. The SMILES string of the molecule is O=C1C[C@H](CNS(=O)(=O)c2ccc(F)cc2F)CN1c1ccc(F)cc1. The monoisotopic (exact) mass is 384 g/mol. The van der Waals surface area contributed by atoms with Crippen molar-refractivity contribution in [3.63, 3.8) is 0 Å². The molecule has 5 nitrogen and oxygen atoms in total. The van der Waals surface area contributed by atoms with E-state index in [1.54, 1.807) is 0 Å². The van der Waals surface area contributed by atoms with Crippen LogP contribution in [-0.2, 0) is 14.8 Å². The van der Waals surface area contributed by atoms with Crippen LogP contribution in [0, 0.1) is 23.4 Å². The van der Waals surface area contributed by atoms with Gasteiger partial charge in [-0.05, 0) is 42.3 Å². The number of amides is 1. The second-order valence-electron chi connectivity index (χ2n) is 5.98. The van der Waals surface area contributed by atoms with Gasteiger partial charge in [0.25, 0.3) is 0 Å². The highest BCUT2D eigenvalue weighted by Crippen LogP contribution is 2.25. The molecule has 2 aromatic rings. The van der Waals surface area contributed by atoms with Crippen molar-refractivity contribution in [3.8, 4) is 0 Å². The average Bonchev–Trinajstić information content (AvgIpc) is 2.94. The molecule has 3 rings (SSSR count). The van der Waals surface area contributed by atoms with E-state index in [0.717, 1.165) is 12.1 Å². The Labute approximate surface area is 148 Å². The van der Waals surface area contributed by atoms with Gasteiger partial charge in [0.1, 0.15) is 22.3 Å². The number of hydrogen-bond donors (Lipinski definition) is 1. The highest BCUT2D eigenvalue weighted by atomic mass is 32.2. The average molecular weight is 384 g/mol. The molecule has 9 heteroatoms. The number of carbonyl (C=O) groups excluding carboxylic acids is 1. The fraction of sp³-hybridized carbons (Fsp3) is 0.235. The summed E-state index contributed by atoms with van der Waals surface area (Å²) in [6.45, 7) is 0.168. The smallest absolute Gasteiger partial charge is 0.243 e. The number of rotatable bonds is 5. The Hall–Kier alpha value is -2.39. The molecule has 1 aliphatic rings. The lowest BCUT2D eigenvalue weighted by atomic mass is 10.1. The third-order valence-electron chi connectivity index (χ3n) is 4.09. The van der Waals surface area contributed by atoms with E-state index >= 15 is 0 Å². The van der Waals surface area contributed by atoms with E-state index in [9.17, 15) is 26.4 Å². The van der Waals surface area contributed by atoms with Crippen molar-refractivity contribution in [1.29, 1.82) is 0 Å². The lowest BCUT2D eigenvalue weighted by molar-refractivity contribution is -0.117. The van der Waals surface area contributed by atoms with Gasteiger partial charge in [0.2, 0.25) is 15.9 Å². The lowest BCUT2D eigenvalue weighted by Gasteiger charge is -2.17. The Morgan fingerprint density at radius 1 is 1.04 bits per heavy atom. The second kappa shape index (κ2) is 7.08. The van der Waals surface area contributed by atoms with Crippen LogP contribution >= 0.6 is 0 Å². The molecule has 1 aliphatic heterocycles. The van der Waals surface area contributed by atoms with Gasteiger partial charge in [-0.1, -0.05) is 0 Å². The maximum atomic E-state index is 13.7. The van der Waals surface area contributed by atoms with E-state index < -0.39 is 32.4 Å². The molecule has 0 aliphatic carbocycles. The minimum Gasteiger partial charge on any atom is -0.312 e. The third kappa shape index (κ3) is 3.88. The Morgan fingerprint density at radius 2 is 1.69 bits per heavy atom. The molecule has 0 spiro atoms. The molecular weight excluding hydrogens is 369 g/mol. The summed E-state index contributed by atoms with van der Waals surface area (Å²) in [4.78, 5) is 12.9. The van der Waals surface area contributed by atoms with Crippen molar-refractivity contribution < 1.29 is 26.4 Å². The number of sulfonamides is 1. The van der Waals surface area contributed by atoms with Crippen LogP contribution in [0.5, 0.6) is 0 Å². The van der Waals surface area contributed by atoms with Crippen LogP contribution in [0.15, 0.2) is 47.4 Å². The number of nitrogens with one attached hydrogen (secondary N) is 1. The number of halogens is 3. The van der Waals surface area contributed by atoms with Crippen molar-refractivity contribution in [2.45, 2.75) is 11.3 Å². The zero-order valence-corrected chi connectivity index (χ0v) is 14.3. The van der Waals surface area contributed by atoms with E-state index in [1.165, 1.54) is 29.2 Å². The molecule has 1 fully saturated rings. The molecule has 1 heterocycles. The van der Waals surface area contributed by atoms with Gasteiger partial charge in [0.05, 0.1) is 0 Å². The fourth-order valence-corrected chi connectivity index (χ4v) is 3.96. The summed E-state index contributed by atoms with van der Waals surface area (Å²) in [5.41, 5.74) is 0.520. The van der Waals surface area contributed by atoms with Crippen LogP contribution in [0.4, 0.5) is 18.9 Å². The molecule has 0 aromatic heterocycles. The summed E-state index contributed by atoms with van der Waals surface area (Å²) in [6.07, 6.45) is 0.103. The molecule has 0 saturated carbocycles. The molecule has 0 unspecified atom stereocenters. The molecule has 2 aromatic carbocycles. The van der Waals surface area contributed by atoms with Crippen molar-refractivity contribution >= 4 is 21.6 Å². The van der Waals surface area contributed by atoms with E-state index in [-0.39, 0.29) is 31.3 Å². The Morgan fingerprint density at radius 3 is 2.35 bits per heavy atom. The molecule has 1 N–H and O–H groups in total. The van der Waals surface area contributed by atoms with Crippen LogP contribution in [0.25, 0.3) is 0 Å². The molecule has 1 saturated heterocycles. The molecule has 1 atom stereocenters. The minimum absolute atomic E-state index is 0.0808. The van der Waals surface area contributed by atoms with E-state index in [0.29, 0.717) is 11.8 Å². The summed E-state index contributed by atoms with van der Waals surface area (Å²) >= 11 is 0. The van der Waals surface area contributed by atoms with Gasteiger partial charge in [-0.15, -0.1) is 0 Å². The summed E-state index contributed by atoms with van der Waals surface area (Å²) < 4.78 is 66.2. The number of nitrogens with zero attached hydrogens (tertiary/aromatic N) is 1. The first-order valence-corrected chi connectivity index (χ1v) is 9.25. The highest BCUT2D eigenvalue weighted by molar-refractivity contribution is 7.89. The minimum atomic E-state index is -4.17. The van der Waals surface area contributed by atoms with Gasteiger partial charge in [0, 0.05) is 31.3 Å². The van der Waals surface area contributed by atoms with Gasteiger partial charge < -0.3 is 4.90 Å². The normalized spacial score (nSPS) is 17.7.